The molecule has 2 unspecified atom stereocenters. The standard InChI is InChI=1S/C11H15ClN2S/c12-9-5-3-8(4-6-9)11(14-13)10-2-1-7-15-10/h3-6,10-11,14H,1-2,7,13H2. The van der Waals surface area contributed by atoms with E-state index in [4.69, 9.17) is 17.4 Å². The van der Waals surface area contributed by atoms with Gasteiger partial charge in [0.15, 0.2) is 0 Å². The highest BCUT2D eigenvalue weighted by Crippen LogP contribution is 2.35. The van der Waals surface area contributed by atoms with Gasteiger partial charge in [-0.2, -0.15) is 11.8 Å². The van der Waals surface area contributed by atoms with Crippen molar-refractivity contribution >= 4 is 23.4 Å². The van der Waals surface area contributed by atoms with E-state index in [1.807, 2.05) is 36.0 Å². The Balaban J connectivity index is 2.14. The summed E-state index contributed by atoms with van der Waals surface area (Å²) in [4.78, 5) is 0. The molecule has 0 radical (unpaired) electrons. The highest BCUT2D eigenvalue weighted by molar-refractivity contribution is 8.00. The summed E-state index contributed by atoms with van der Waals surface area (Å²) < 4.78 is 0. The van der Waals surface area contributed by atoms with Gasteiger partial charge in [-0.1, -0.05) is 23.7 Å². The molecule has 3 N–H and O–H groups in total. The zero-order valence-corrected chi connectivity index (χ0v) is 10.0. The lowest BCUT2D eigenvalue weighted by molar-refractivity contribution is 0.520. The molecule has 0 aliphatic carbocycles. The van der Waals surface area contributed by atoms with E-state index in [-0.39, 0.29) is 6.04 Å². The van der Waals surface area contributed by atoms with E-state index in [0.717, 1.165) is 5.02 Å². The summed E-state index contributed by atoms with van der Waals surface area (Å²) in [7, 11) is 0. The average molecular weight is 243 g/mol. The molecule has 0 saturated carbocycles. The molecule has 2 nitrogen and oxygen atoms in total. The number of hydrazine groups is 1. The van der Waals surface area contributed by atoms with Crippen molar-refractivity contribution in [1.29, 1.82) is 0 Å². The first-order valence-corrected chi connectivity index (χ1v) is 6.57. The fraction of sp³-hybridized carbons (Fsp3) is 0.455. The van der Waals surface area contributed by atoms with E-state index in [1.54, 1.807) is 0 Å². The smallest absolute Gasteiger partial charge is 0.0578 e. The van der Waals surface area contributed by atoms with E-state index in [0.29, 0.717) is 5.25 Å². The number of benzene rings is 1. The van der Waals surface area contributed by atoms with Crippen LogP contribution < -0.4 is 11.3 Å². The second kappa shape index (κ2) is 5.21. The van der Waals surface area contributed by atoms with Crippen molar-refractivity contribution in [2.24, 2.45) is 5.84 Å². The van der Waals surface area contributed by atoms with Crippen LogP contribution in [0.2, 0.25) is 5.02 Å². The Morgan fingerprint density at radius 2 is 2.13 bits per heavy atom. The summed E-state index contributed by atoms with van der Waals surface area (Å²) in [6, 6.07) is 8.17. The average Bonchev–Trinajstić information content (AvgIpc) is 2.75. The molecule has 0 spiro atoms. The summed E-state index contributed by atoms with van der Waals surface area (Å²) >= 11 is 7.86. The second-order valence-electron chi connectivity index (χ2n) is 3.75. The van der Waals surface area contributed by atoms with Crippen molar-refractivity contribution in [2.45, 2.75) is 24.1 Å². The van der Waals surface area contributed by atoms with Crippen LogP contribution in [0.4, 0.5) is 0 Å². The Morgan fingerprint density at radius 1 is 1.40 bits per heavy atom. The van der Waals surface area contributed by atoms with Crippen molar-refractivity contribution in [3.8, 4) is 0 Å². The number of rotatable bonds is 3. The molecule has 1 aromatic rings. The van der Waals surface area contributed by atoms with Crippen molar-refractivity contribution in [3.05, 3.63) is 34.9 Å². The summed E-state index contributed by atoms with van der Waals surface area (Å²) in [5, 5.41) is 1.37. The monoisotopic (exact) mass is 242 g/mol. The van der Waals surface area contributed by atoms with Crippen LogP contribution in [0.3, 0.4) is 0 Å². The van der Waals surface area contributed by atoms with Crippen molar-refractivity contribution in [2.75, 3.05) is 5.75 Å². The Labute approximate surface area is 99.5 Å². The zero-order chi connectivity index (χ0) is 10.7. The van der Waals surface area contributed by atoms with E-state index in [2.05, 4.69) is 5.43 Å². The minimum absolute atomic E-state index is 0.245. The maximum Gasteiger partial charge on any atom is 0.0578 e. The van der Waals surface area contributed by atoms with Crippen molar-refractivity contribution < 1.29 is 0 Å². The Hall–Kier alpha value is -0.220. The van der Waals surface area contributed by atoms with Crippen LogP contribution in [0.1, 0.15) is 24.4 Å². The van der Waals surface area contributed by atoms with Gasteiger partial charge in [-0.25, -0.2) is 0 Å². The topological polar surface area (TPSA) is 38.0 Å². The van der Waals surface area contributed by atoms with Crippen molar-refractivity contribution in [3.63, 3.8) is 0 Å². The quantitative estimate of drug-likeness (QED) is 0.632. The van der Waals surface area contributed by atoms with E-state index >= 15 is 0 Å². The molecule has 1 aromatic carbocycles. The van der Waals surface area contributed by atoms with Crippen molar-refractivity contribution in [1.82, 2.24) is 5.43 Å². The lowest BCUT2D eigenvalue weighted by Gasteiger charge is -2.22. The van der Waals surface area contributed by atoms with Crippen LogP contribution in [0.15, 0.2) is 24.3 Å². The van der Waals surface area contributed by atoms with E-state index in [9.17, 15) is 0 Å². The molecule has 15 heavy (non-hydrogen) atoms. The predicted molar refractivity (Wildman–Crippen MR) is 67.0 cm³/mol. The molecule has 1 saturated heterocycles. The van der Waals surface area contributed by atoms with Crippen LogP contribution in [-0.4, -0.2) is 11.0 Å². The summed E-state index contributed by atoms with van der Waals surface area (Å²) in [5.74, 6) is 6.87. The lowest BCUT2D eigenvalue weighted by Crippen LogP contribution is -2.34. The van der Waals surface area contributed by atoms with Gasteiger partial charge in [0.1, 0.15) is 0 Å². The molecule has 2 rings (SSSR count). The fourth-order valence-electron chi connectivity index (χ4n) is 1.95. The first kappa shape index (κ1) is 11.3. The molecule has 0 amide bonds. The highest BCUT2D eigenvalue weighted by atomic mass is 35.5. The predicted octanol–water partition coefficient (Wildman–Crippen LogP) is 2.74. The maximum absolute atomic E-state index is 5.86. The zero-order valence-electron chi connectivity index (χ0n) is 8.45. The van der Waals surface area contributed by atoms with Crippen LogP contribution in [0.5, 0.6) is 0 Å². The van der Waals surface area contributed by atoms with Gasteiger partial charge in [-0.15, -0.1) is 0 Å². The van der Waals surface area contributed by atoms with Crippen LogP contribution in [-0.2, 0) is 0 Å². The van der Waals surface area contributed by atoms with Crippen LogP contribution in [0.25, 0.3) is 0 Å². The van der Waals surface area contributed by atoms with Crippen LogP contribution >= 0.6 is 23.4 Å². The largest absolute Gasteiger partial charge is 0.271 e. The summed E-state index contributed by atoms with van der Waals surface area (Å²) in [6.07, 6.45) is 2.53. The molecule has 1 aliphatic heterocycles. The lowest BCUT2D eigenvalue weighted by atomic mass is 10.0. The molecule has 0 bridgehead atoms. The van der Waals surface area contributed by atoms with Gasteiger partial charge in [0.25, 0.3) is 0 Å². The van der Waals surface area contributed by atoms with E-state index < -0.39 is 0 Å². The third-order valence-electron chi connectivity index (χ3n) is 2.75. The maximum atomic E-state index is 5.86. The normalized spacial score (nSPS) is 22.9. The molecule has 4 heteroatoms. The molecule has 82 valence electrons. The van der Waals surface area contributed by atoms with Gasteiger partial charge in [0.05, 0.1) is 6.04 Å². The minimum atomic E-state index is 0.245. The second-order valence-corrected chi connectivity index (χ2v) is 5.53. The molecule has 1 fully saturated rings. The Bertz CT molecular complexity index is 309. The van der Waals surface area contributed by atoms with Gasteiger partial charge in [0, 0.05) is 10.3 Å². The number of hydrogen-bond acceptors (Lipinski definition) is 3. The number of hydrogen-bond donors (Lipinski definition) is 2. The number of nitrogens with two attached hydrogens (primary N) is 1. The van der Waals surface area contributed by atoms with Gasteiger partial charge >= 0.3 is 0 Å². The molecule has 2 atom stereocenters. The first-order valence-electron chi connectivity index (χ1n) is 5.14. The Morgan fingerprint density at radius 3 is 2.67 bits per heavy atom. The fourth-order valence-corrected chi connectivity index (χ4v) is 3.48. The van der Waals surface area contributed by atoms with Crippen LogP contribution in [0, 0.1) is 0 Å². The number of halogens is 1. The molecule has 1 heterocycles. The van der Waals surface area contributed by atoms with Gasteiger partial charge in [-0.3, -0.25) is 11.3 Å². The molecular formula is C11H15ClN2S. The van der Waals surface area contributed by atoms with Gasteiger partial charge < -0.3 is 0 Å². The third-order valence-corrected chi connectivity index (χ3v) is 4.46. The SMILES string of the molecule is NNC(c1ccc(Cl)cc1)C1CCCS1. The number of nitrogens with one attached hydrogen (secondary N) is 1. The van der Waals surface area contributed by atoms with Gasteiger partial charge in [0.2, 0.25) is 0 Å². The summed E-state index contributed by atoms with van der Waals surface area (Å²) in [5.41, 5.74) is 4.14. The molecule has 1 aliphatic rings. The first-order chi connectivity index (χ1) is 7.31. The molecule has 0 aromatic heterocycles. The minimum Gasteiger partial charge on any atom is -0.271 e. The number of thioether (sulfide) groups is 1. The Kier molecular flexibility index (Phi) is 3.92. The third kappa shape index (κ3) is 2.67. The van der Waals surface area contributed by atoms with E-state index in [1.165, 1.54) is 24.2 Å². The van der Waals surface area contributed by atoms with Gasteiger partial charge in [-0.05, 0) is 36.3 Å². The summed E-state index contributed by atoms with van der Waals surface area (Å²) in [6.45, 7) is 0. The highest BCUT2D eigenvalue weighted by Gasteiger charge is 2.25. The molecular weight excluding hydrogens is 228 g/mol.